The largest absolute Gasteiger partial charge is 0.416 e. The van der Waals surface area contributed by atoms with Crippen LogP contribution in [0.15, 0.2) is 24.3 Å². The van der Waals surface area contributed by atoms with E-state index in [-0.39, 0.29) is 0 Å². The van der Waals surface area contributed by atoms with Crippen molar-refractivity contribution < 1.29 is 13.2 Å². The van der Waals surface area contributed by atoms with Crippen molar-refractivity contribution in [1.29, 1.82) is 5.26 Å². The van der Waals surface area contributed by atoms with Gasteiger partial charge in [-0.25, -0.2) is 0 Å². The summed E-state index contributed by atoms with van der Waals surface area (Å²) in [6.45, 7) is 1.01. The Hall–Kier alpha value is -1.54. The lowest BCUT2D eigenvalue weighted by Crippen LogP contribution is -2.14. The van der Waals surface area contributed by atoms with E-state index in [9.17, 15) is 13.2 Å². The third-order valence-corrected chi connectivity index (χ3v) is 2.02. The van der Waals surface area contributed by atoms with Gasteiger partial charge in [0, 0.05) is 19.5 Å². The van der Waals surface area contributed by atoms with Gasteiger partial charge in [0.2, 0.25) is 0 Å². The van der Waals surface area contributed by atoms with Crippen LogP contribution in [0.4, 0.5) is 13.2 Å². The van der Waals surface area contributed by atoms with Crippen LogP contribution >= 0.6 is 0 Å². The molecule has 0 saturated heterocycles. The number of rotatable bonds is 4. The molecule has 0 amide bonds. The molecule has 1 N–H and O–H groups in total. The second-order valence-electron chi connectivity index (χ2n) is 3.28. The number of halogens is 3. The molecule has 16 heavy (non-hydrogen) atoms. The Labute approximate surface area is 91.7 Å². The van der Waals surface area contributed by atoms with Crippen molar-refractivity contribution >= 4 is 0 Å². The van der Waals surface area contributed by atoms with Crippen molar-refractivity contribution in [3.8, 4) is 6.07 Å². The minimum Gasteiger partial charge on any atom is -0.312 e. The number of nitrogens with one attached hydrogen (secondary N) is 1. The molecule has 1 aromatic carbocycles. The van der Waals surface area contributed by atoms with E-state index in [0.717, 1.165) is 17.7 Å². The molecule has 0 fully saturated rings. The summed E-state index contributed by atoms with van der Waals surface area (Å²) in [5, 5.41) is 11.2. The molecule has 0 aliphatic rings. The summed E-state index contributed by atoms with van der Waals surface area (Å²) in [5.74, 6) is 0. The Morgan fingerprint density at radius 3 is 2.31 bits per heavy atom. The van der Waals surface area contributed by atoms with Crippen LogP contribution in [-0.4, -0.2) is 6.54 Å². The zero-order chi connectivity index (χ0) is 12.0. The van der Waals surface area contributed by atoms with E-state index in [4.69, 9.17) is 5.26 Å². The highest BCUT2D eigenvalue weighted by Gasteiger charge is 2.29. The number of alkyl halides is 3. The van der Waals surface area contributed by atoms with Crippen LogP contribution in [0.5, 0.6) is 0 Å². The quantitative estimate of drug-likeness (QED) is 0.804. The second-order valence-corrected chi connectivity index (χ2v) is 3.28. The van der Waals surface area contributed by atoms with Gasteiger partial charge in [0.25, 0.3) is 0 Å². The van der Waals surface area contributed by atoms with Crippen molar-refractivity contribution in [2.24, 2.45) is 0 Å². The molecule has 0 radical (unpaired) electrons. The van der Waals surface area contributed by atoms with Crippen molar-refractivity contribution in [2.45, 2.75) is 19.1 Å². The SMILES string of the molecule is N#CCCNCc1ccc(C(F)(F)F)cc1. The molecule has 0 saturated carbocycles. The molecule has 0 unspecified atom stereocenters. The van der Waals surface area contributed by atoms with Gasteiger partial charge in [0.15, 0.2) is 0 Å². The lowest BCUT2D eigenvalue weighted by atomic mass is 10.1. The first kappa shape index (κ1) is 12.5. The molecule has 86 valence electrons. The first-order valence-corrected chi connectivity index (χ1v) is 4.78. The third kappa shape index (κ3) is 3.91. The number of nitrogens with zero attached hydrogens (tertiary/aromatic N) is 1. The normalized spacial score (nSPS) is 11.1. The van der Waals surface area contributed by atoms with Crippen molar-refractivity contribution in [2.75, 3.05) is 6.54 Å². The zero-order valence-corrected chi connectivity index (χ0v) is 8.51. The van der Waals surface area contributed by atoms with E-state index in [2.05, 4.69) is 5.32 Å². The first-order valence-electron chi connectivity index (χ1n) is 4.78. The van der Waals surface area contributed by atoms with E-state index in [1.165, 1.54) is 12.1 Å². The molecule has 2 nitrogen and oxygen atoms in total. The highest BCUT2D eigenvalue weighted by molar-refractivity contribution is 5.24. The molecule has 0 aliphatic heterocycles. The van der Waals surface area contributed by atoms with Crippen LogP contribution in [0.3, 0.4) is 0 Å². The Bertz CT molecular complexity index is 362. The van der Waals surface area contributed by atoms with E-state index < -0.39 is 11.7 Å². The van der Waals surface area contributed by atoms with Crippen LogP contribution in [0.25, 0.3) is 0 Å². The predicted molar refractivity (Wildman–Crippen MR) is 53.4 cm³/mol. The van der Waals surface area contributed by atoms with Gasteiger partial charge in [0.1, 0.15) is 0 Å². The summed E-state index contributed by atoms with van der Waals surface area (Å²) in [7, 11) is 0. The summed E-state index contributed by atoms with van der Waals surface area (Å²) >= 11 is 0. The molecule has 0 aliphatic carbocycles. The summed E-state index contributed by atoms with van der Waals surface area (Å²) in [6, 6.07) is 6.95. The molecule has 5 heteroatoms. The molecule has 0 aromatic heterocycles. The highest BCUT2D eigenvalue weighted by Crippen LogP contribution is 2.28. The number of nitriles is 1. The Morgan fingerprint density at radius 1 is 1.19 bits per heavy atom. The number of hydrogen-bond acceptors (Lipinski definition) is 2. The first-order chi connectivity index (χ1) is 7.54. The maximum absolute atomic E-state index is 12.2. The minimum absolute atomic E-state index is 0.390. The van der Waals surface area contributed by atoms with Crippen LogP contribution in [0.1, 0.15) is 17.5 Å². The molecule has 1 aromatic rings. The molecular formula is C11H11F3N2. The summed E-state index contributed by atoms with van der Waals surface area (Å²) in [4.78, 5) is 0. The van der Waals surface area contributed by atoms with Gasteiger partial charge < -0.3 is 5.32 Å². The predicted octanol–water partition coefficient (Wildman–Crippen LogP) is 2.71. The van der Waals surface area contributed by atoms with Gasteiger partial charge in [0.05, 0.1) is 11.6 Å². The maximum Gasteiger partial charge on any atom is 0.416 e. The fraction of sp³-hybridized carbons (Fsp3) is 0.364. The zero-order valence-electron chi connectivity index (χ0n) is 8.51. The van der Waals surface area contributed by atoms with Crippen molar-refractivity contribution in [3.05, 3.63) is 35.4 Å². The Morgan fingerprint density at radius 2 is 1.81 bits per heavy atom. The van der Waals surface area contributed by atoms with Gasteiger partial charge >= 0.3 is 6.18 Å². The van der Waals surface area contributed by atoms with Gasteiger partial charge in [-0.05, 0) is 17.7 Å². The average molecular weight is 228 g/mol. The third-order valence-electron chi connectivity index (χ3n) is 2.02. The summed E-state index contributed by atoms with van der Waals surface area (Å²) in [5.41, 5.74) is 0.124. The summed E-state index contributed by atoms with van der Waals surface area (Å²) < 4.78 is 36.7. The van der Waals surface area contributed by atoms with Crippen LogP contribution in [-0.2, 0) is 12.7 Å². The van der Waals surface area contributed by atoms with Gasteiger partial charge in [-0.3, -0.25) is 0 Å². The molecular weight excluding hydrogens is 217 g/mol. The topological polar surface area (TPSA) is 35.8 Å². The monoisotopic (exact) mass is 228 g/mol. The fourth-order valence-corrected chi connectivity index (χ4v) is 1.19. The lowest BCUT2D eigenvalue weighted by Gasteiger charge is -2.07. The highest BCUT2D eigenvalue weighted by atomic mass is 19.4. The molecule has 1 rings (SSSR count). The summed E-state index contributed by atoms with van der Waals surface area (Å²) in [6.07, 6.45) is -3.90. The molecule has 0 atom stereocenters. The van der Waals surface area contributed by atoms with Crippen LogP contribution < -0.4 is 5.32 Å². The molecule has 0 spiro atoms. The number of hydrogen-bond donors (Lipinski definition) is 1. The Kier molecular flexibility index (Phi) is 4.32. The van der Waals surface area contributed by atoms with E-state index in [1.807, 2.05) is 6.07 Å². The lowest BCUT2D eigenvalue weighted by molar-refractivity contribution is -0.137. The molecule has 0 heterocycles. The average Bonchev–Trinajstić information content (AvgIpc) is 2.24. The van der Waals surface area contributed by atoms with E-state index >= 15 is 0 Å². The number of benzene rings is 1. The van der Waals surface area contributed by atoms with Crippen molar-refractivity contribution in [3.63, 3.8) is 0 Å². The van der Waals surface area contributed by atoms with E-state index in [1.54, 1.807) is 0 Å². The minimum atomic E-state index is -4.28. The standard InChI is InChI=1S/C11H11F3N2/c12-11(13,14)10-4-2-9(3-5-10)8-16-7-1-6-15/h2-5,16H,1,7-8H2. The van der Waals surface area contributed by atoms with Gasteiger partial charge in [-0.15, -0.1) is 0 Å². The fourth-order valence-electron chi connectivity index (χ4n) is 1.19. The second kappa shape index (κ2) is 5.52. The maximum atomic E-state index is 12.2. The van der Waals surface area contributed by atoms with E-state index in [0.29, 0.717) is 19.5 Å². The van der Waals surface area contributed by atoms with Gasteiger partial charge in [-0.2, -0.15) is 18.4 Å². The Balaban J connectivity index is 2.49. The van der Waals surface area contributed by atoms with Crippen molar-refractivity contribution in [1.82, 2.24) is 5.32 Å². The smallest absolute Gasteiger partial charge is 0.312 e. The van der Waals surface area contributed by atoms with Gasteiger partial charge in [-0.1, -0.05) is 12.1 Å². The van der Waals surface area contributed by atoms with Crippen LogP contribution in [0.2, 0.25) is 0 Å². The molecule has 0 bridgehead atoms. The van der Waals surface area contributed by atoms with Crippen LogP contribution in [0, 0.1) is 11.3 Å².